The van der Waals surface area contributed by atoms with Gasteiger partial charge in [0.2, 0.25) is 0 Å². The van der Waals surface area contributed by atoms with Crippen molar-refractivity contribution in [3.8, 4) is 11.5 Å². The van der Waals surface area contributed by atoms with Crippen LogP contribution in [-0.4, -0.2) is 16.0 Å². The molecule has 0 saturated heterocycles. The number of nitrogens with one attached hydrogen (secondary N) is 1. The number of rotatable bonds is 5. The maximum atomic E-state index is 13.3. The first kappa shape index (κ1) is 16.4. The van der Waals surface area contributed by atoms with Crippen LogP contribution < -0.4 is 5.32 Å². The Labute approximate surface area is 141 Å². The Morgan fingerprint density at radius 1 is 1.42 bits per heavy atom. The van der Waals surface area contributed by atoms with E-state index >= 15 is 0 Å². The van der Waals surface area contributed by atoms with Crippen LogP contribution in [0.2, 0.25) is 0 Å². The van der Waals surface area contributed by atoms with Gasteiger partial charge >= 0.3 is 0 Å². The molecule has 7 heteroatoms. The molecule has 24 heavy (non-hydrogen) atoms. The van der Waals surface area contributed by atoms with Crippen LogP contribution in [0.5, 0.6) is 0 Å². The van der Waals surface area contributed by atoms with Crippen molar-refractivity contribution >= 4 is 17.2 Å². The maximum absolute atomic E-state index is 13.3. The van der Waals surface area contributed by atoms with Crippen LogP contribution in [0.4, 0.5) is 4.39 Å². The van der Waals surface area contributed by atoms with Gasteiger partial charge in [0.1, 0.15) is 17.8 Å². The average Bonchev–Trinajstić information content (AvgIpc) is 3.22. The Morgan fingerprint density at radius 2 is 2.25 bits per heavy atom. The zero-order chi connectivity index (χ0) is 17.1. The summed E-state index contributed by atoms with van der Waals surface area (Å²) in [5.41, 5.74) is 1.99. The summed E-state index contributed by atoms with van der Waals surface area (Å²) in [6.07, 6.45) is 1.38. The highest BCUT2D eigenvalue weighted by molar-refractivity contribution is 7.09. The van der Waals surface area contributed by atoms with Gasteiger partial charge in [0.15, 0.2) is 5.76 Å². The molecule has 0 atom stereocenters. The van der Waals surface area contributed by atoms with E-state index in [-0.39, 0.29) is 24.6 Å². The molecule has 0 bridgehead atoms. The first-order chi connectivity index (χ1) is 11.6. The molecule has 3 rings (SSSR count). The second kappa shape index (κ2) is 6.94. The number of aromatic nitrogens is 1. The number of hydrogen-bond donors (Lipinski definition) is 2. The summed E-state index contributed by atoms with van der Waals surface area (Å²) in [7, 11) is 0. The number of amides is 1. The number of furan rings is 1. The van der Waals surface area contributed by atoms with E-state index in [4.69, 9.17) is 9.52 Å². The van der Waals surface area contributed by atoms with Crippen molar-refractivity contribution in [3.05, 3.63) is 63.4 Å². The van der Waals surface area contributed by atoms with Crippen molar-refractivity contribution in [2.24, 2.45) is 0 Å². The maximum Gasteiger partial charge on any atom is 0.254 e. The Balaban J connectivity index is 1.66. The fraction of sp³-hybridized carbons (Fsp3) is 0.176. The fourth-order valence-electron chi connectivity index (χ4n) is 2.21. The van der Waals surface area contributed by atoms with Crippen LogP contribution in [0.3, 0.4) is 0 Å². The van der Waals surface area contributed by atoms with E-state index in [1.807, 2.05) is 12.3 Å². The Bertz CT molecular complexity index is 872. The summed E-state index contributed by atoms with van der Waals surface area (Å²) in [5.74, 6) is -0.230. The second-order valence-electron chi connectivity index (χ2n) is 5.22. The first-order valence-electron chi connectivity index (χ1n) is 7.24. The van der Waals surface area contributed by atoms with E-state index in [9.17, 15) is 9.18 Å². The van der Waals surface area contributed by atoms with Gasteiger partial charge < -0.3 is 14.8 Å². The number of carbonyl (C=O) groups is 1. The van der Waals surface area contributed by atoms with Gasteiger partial charge in [0, 0.05) is 17.5 Å². The lowest BCUT2D eigenvalue weighted by Gasteiger charge is -2.06. The predicted molar refractivity (Wildman–Crippen MR) is 88.0 cm³/mol. The van der Waals surface area contributed by atoms with Gasteiger partial charge in [-0.25, -0.2) is 9.37 Å². The third kappa shape index (κ3) is 3.52. The lowest BCUT2D eigenvalue weighted by atomic mass is 10.1. The number of aryl methyl sites for hydroxylation is 1. The van der Waals surface area contributed by atoms with Gasteiger partial charge in [-0.05, 0) is 30.7 Å². The standard InChI is InChI=1S/C17H15FN2O3S/c1-10-20-15(9-24-10)16-5-13(8-23-16)17(22)19-6-11-2-3-14(18)12(4-11)7-21/h2-5,8-9,21H,6-7H2,1H3,(H,19,22). The van der Waals surface area contributed by atoms with E-state index in [2.05, 4.69) is 10.3 Å². The largest absolute Gasteiger partial charge is 0.462 e. The van der Waals surface area contributed by atoms with Gasteiger partial charge in [-0.15, -0.1) is 11.3 Å². The molecular formula is C17H15FN2O3S. The molecule has 2 N–H and O–H groups in total. The number of thiazole rings is 1. The van der Waals surface area contributed by atoms with E-state index in [1.165, 1.54) is 29.7 Å². The van der Waals surface area contributed by atoms with Crippen LogP contribution >= 0.6 is 11.3 Å². The summed E-state index contributed by atoms with van der Waals surface area (Å²) >= 11 is 1.51. The molecule has 2 heterocycles. The number of benzene rings is 1. The first-order valence-corrected chi connectivity index (χ1v) is 8.12. The van der Waals surface area contributed by atoms with Crippen molar-refractivity contribution in [1.29, 1.82) is 0 Å². The average molecular weight is 346 g/mol. The Morgan fingerprint density at radius 3 is 2.96 bits per heavy atom. The molecule has 0 aliphatic rings. The topological polar surface area (TPSA) is 75.4 Å². The van der Waals surface area contributed by atoms with Crippen molar-refractivity contribution in [1.82, 2.24) is 10.3 Å². The highest BCUT2D eigenvalue weighted by atomic mass is 32.1. The number of nitrogens with zero attached hydrogens (tertiary/aromatic N) is 1. The van der Waals surface area contributed by atoms with Gasteiger partial charge in [-0.1, -0.05) is 6.07 Å². The second-order valence-corrected chi connectivity index (χ2v) is 6.28. The molecule has 0 unspecified atom stereocenters. The number of aliphatic hydroxyl groups excluding tert-OH is 1. The van der Waals surface area contributed by atoms with Crippen LogP contribution in [0, 0.1) is 12.7 Å². The lowest BCUT2D eigenvalue weighted by Crippen LogP contribution is -2.22. The van der Waals surface area contributed by atoms with Gasteiger partial charge in [0.25, 0.3) is 5.91 Å². The summed E-state index contributed by atoms with van der Waals surface area (Å²) in [6, 6.07) is 5.99. The molecule has 0 fully saturated rings. The Hall–Kier alpha value is -2.51. The zero-order valence-electron chi connectivity index (χ0n) is 12.9. The monoisotopic (exact) mass is 346 g/mol. The minimum atomic E-state index is -0.467. The molecule has 0 radical (unpaired) electrons. The molecule has 3 aromatic rings. The van der Waals surface area contributed by atoms with Crippen LogP contribution in [0.1, 0.15) is 26.5 Å². The van der Waals surface area contributed by atoms with Crippen molar-refractivity contribution < 1.29 is 18.7 Å². The van der Waals surface area contributed by atoms with Crippen molar-refractivity contribution in [3.63, 3.8) is 0 Å². The molecular weight excluding hydrogens is 331 g/mol. The summed E-state index contributed by atoms with van der Waals surface area (Å²) in [5, 5.41) is 14.6. The van der Waals surface area contributed by atoms with Gasteiger partial charge in [-0.2, -0.15) is 0 Å². The van der Waals surface area contributed by atoms with Crippen molar-refractivity contribution in [2.45, 2.75) is 20.1 Å². The minimum absolute atomic E-state index is 0.200. The quantitative estimate of drug-likeness (QED) is 0.743. The molecule has 124 valence electrons. The predicted octanol–water partition coefficient (Wildman–Crippen LogP) is 3.27. The summed E-state index contributed by atoms with van der Waals surface area (Å²) in [6.45, 7) is 1.74. The molecule has 0 aliphatic carbocycles. The number of halogens is 1. The van der Waals surface area contributed by atoms with Gasteiger partial charge in [-0.3, -0.25) is 4.79 Å². The normalized spacial score (nSPS) is 10.8. The molecule has 0 aliphatic heterocycles. The summed E-state index contributed by atoms with van der Waals surface area (Å²) < 4.78 is 18.7. The number of carbonyl (C=O) groups excluding carboxylic acids is 1. The highest BCUT2D eigenvalue weighted by Gasteiger charge is 2.13. The van der Waals surface area contributed by atoms with Crippen molar-refractivity contribution in [2.75, 3.05) is 0 Å². The van der Waals surface area contributed by atoms with E-state index in [0.717, 1.165) is 5.01 Å². The zero-order valence-corrected chi connectivity index (χ0v) is 13.7. The summed E-state index contributed by atoms with van der Waals surface area (Å²) in [4.78, 5) is 16.5. The smallest absolute Gasteiger partial charge is 0.254 e. The van der Waals surface area contributed by atoms with E-state index in [0.29, 0.717) is 22.6 Å². The van der Waals surface area contributed by atoms with Crippen LogP contribution in [0.25, 0.3) is 11.5 Å². The van der Waals surface area contributed by atoms with Gasteiger partial charge in [0.05, 0.1) is 17.2 Å². The number of hydrogen-bond acceptors (Lipinski definition) is 5. The SMILES string of the molecule is Cc1nc(-c2cc(C(=O)NCc3ccc(F)c(CO)c3)co2)cs1. The molecule has 2 aromatic heterocycles. The fourth-order valence-corrected chi connectivity index (χ4v) is 2.81. The molecule has 1 amide bonds. The highest BCUT2D eigenvalue weighted by Crippen LogP contribution is 2.23. The lowest BCUT2D eigenvalue weighted by molar-refractivity contribution is 0.0950. The Kier molecular flexibility index (Phi) is 4.73. The molecule has 0 spiro atoms. The number of aliphatic hydroxyl groups is 1. The molecule has 1 aromatic carbocycles. The van der Waals surface area contributed by atoms with E-state index in [1.54, 1.807) is 12.1 Å². The van der Waals surface area contributed by atoms with E-state index < -0.39 is 5.82 Å². The van der Waals surface area contributed by atoms with Crippen LogP contribution in [-0.2, 0) is 13.2 Å². The third-order valence-corrected chi connectivity index (χ3v) is 4.24. The molecule has 5 nitrogen and oxygen atoms in total. The third-order valence-electron chi connectivity index (χ3n) is 3.47. The minimum Gasteiger partial charge on any atom is -0.462 e. The molecule has 0 saturated carbocycles. The van der Waals surface area contributed by atoms with Crippen LogP contribution in [0.15, 0.2) is 40.3 Å².